The third-order valence-electron chi connectivity index (χ3n) is 4.13. The van der Waals surface area contributed by atoms with Gasteiger partial charge in [-0.2, -0.15) is 4.31 Å². The molecule has 0 bridgehead atoms. The summed E-state index contributed by atoms with van der Waals surface area (Å²) in [7, 11) is -3.70. The van der Waals surface area contributed by atoms with Crippen molar-refractivity contribution in [3.8, 4) is 0 Å². The molecular weight excluding hydrogens is 360 g/mol. The van der Waals surface area contributed by atoms with Gasteiger partial charge in [-0.15, -0.1) is 10.2 Å². The van der Waals surface area contributed by atoms with Crippen molar-refractivity contribution in [3.63, 3.8) is 0 Å². The second kappa shape index (κ2) is 7.19. The Hall–Kier alpha value is -1.84. The van der Waals surface area contributed by atoms with Crippen molar-refractivity contribution >= 4 is 32.4 Å². The maximum Gasteiger partial charge on any atom is 0.244 e. The number of nitrogens with one attached hydrogen (secondary N) is 1. The minimum absolute atomic E-state index is 0.210. The Bertz CT molecular complexity index is 862. The molecular formula is C16H20N4O3S2. The van der Waals surface area contributed by atoms with Gasteiger partial charge in [-0.3, -0.25) is 10.1 Å². The van der Waals surface area contributed by atoms with E-state index in [1.807, 2.05) is 13.8 Å². The predicted octanol–water partition coefficient (Wildman–Crippen LogP) is 2.20. The van der Waals surface area contributed by atoms with E-state index in [4.69, 9.17) is 0 Å². The highest BCUT2D eigenvalue weighted by molar-refractivity contribution is 7.89. The highest BCUT2D eigenvalue weighted by atomic mass is 32.2. The van der Waals surface area contributed by atoms with Crippen molar-refractivity contribution in [2.75, 3.05) is 11.9 Å². The van der Waals surface area contributed by atoms with Crippen LogP contribution in [0.3, 0.4) is 0 Å². The van der Waals surface area contributed by atoms with E-state index >= 15 is 0 Å². The largest absolute Gasteiger partial charge is 0.299 e. The molecule has 9 heteroatoms. The lowest BCUT2D eigenvalue weighted by Gasteiger charge is -2.23. The first-order valence-corrected chi connectivity index (χ1v) is 10.4. The summed E-state index contributed by atoms with van der Waals surface area (Å²) < 4.78 is 27.1. The third-order valence-corrected chi connectivity index (χ3v) is 7.04. The number of amides is 1. The molecule has 2 aromatic rings. The zero-order valence-electron chi connectivity index (χ0n) is 14.1. The Labute approximate surface area is 151 Å². The first kappa shape index (κ1) is 18.0. The van der Waals surface area contributed by atoms with Crippen LogP contribution in [0.25, 0.3) is 0 Å². The summed E-state index contributed by atoms with van der Waals surface area (Å²) in [6.07, 6.45) is 1.89. The fourth-order valence-electron chi connectivity index (χ4n) is 2.77. The SMILES string of the molecule is CCc1nnc(NC(=O)[C@H]2CCCN2S(=O)(=O)c2ccc(C)cc2)s1. The molecule has 1 aromatic carbocycles. The van der Waals surface area contributed by atoms with Gasteiger partial charge in [0.2, 0.25) is 21.1 Å². The first-order chi connectivity index (χ1) is 11.9. The summed E-state index contributed by atoms with van der Waals surface area (Å²) in [6.45, 7) is 4.19. The molecule has 7 nitrogen and oxygen atoms in total. The van der Waals surface area contributed by atoms with Crippen LogP contribution in [-0.4, -0.2) is 41.4 Å². The van der Waals surface area contributed by atoms with E-state index in [0.717, 1.165) is 17.0 Å². The molecule has 1 aliphatic rings. The van der Waals surface area contributed by atoms with Gasteiger partial charge in [-0.05, 0) is 38.3 Å². The monoisotopic (exact) mass is 380 g/mol. The second-order valence-corrected chi connectivity index (χ2v) is 8.88. The van der Waals surface area contributed by atoms with Gasteiger partial charge in [0.25, 0.3) is 0 Å². The number of anilines is 1. The Kier molecular flexibility index (Phi) is 5.16. The van der Waals surface area contributed by atoms with Crippen molar-refractivity contribution in [1.29, 1.82) is 0 Å². The molecule has 3 rings (SSSR count). The maximum absolute atomic E-state index is 12.9. The van der Waals surface area contributed by atoms with Crippen LogP contribution in [0, 0.1) is 6.92 Å². The number of nitrogens with zero attached hydrogens (tertiary/aromatic N) is 3. The average Bonchev–Trinajstić information content (AvgIpc) is 3.24. The van der Waals surface area contributed by atoms with Crippen LogP contribution in [0.5, 0.6) is 0 Å². The molecule has 1 amide bonds. The van der Waals surface area contributed by atoms with Gasteiger partial charge < -0.3 is 0 Å². The van der Waals surface area contributed by atoms with E-state index in [-0.39, 0.29) is 10.8 Å². The molecule has 1 saturated heterocycles. The summed E-state index contributed by atoms with van der Waals surface area (Å²) >= 11 is 1.30. The van der Waals surface area contributed by atoms with Crippen LogP contribution in [0.1, 0.15) is 30.3 Å². The molecule has 1 atom stereocenters. The van der Waals surface area contributed by atoms with Crippen molar-refractivity contribution < 1.29 is 13.2 Å². The molecule has 0 aliphatic carbocycles. The molecule has 1 aliphatic heterocycles. The number of benzene rings is 1. The molecule has 0 unspecified atom stereocenters. The Balaban J connectivity index is 1.79. The van der Waals surface area contributed by atoms with Gasteiger partial charge in [0, 0.05) is 6.54 Å². The van der Waals surface area contributed by atoms with Crippen LogP contribution in [0.4, 0.5) is 5.13 Å². The Morgan fingerprint density at radius 3 is 2.68 bits per heavy atom. The quantitative estimate of drug-likeness (QED) is 0.858. The first-order valence-electron chi connectivity index (χ1n) is 8.13. The van der Waals surface area contributed by atoms with Crippen molar-refractivity contribution in [2.24, 2.45) is 0 Å². The lowest BCUT2D eigenvalue weighted by molar-refractivity contribution is -0.119. The van der Waals surface area contributed by atoms with Gasteiger partial charge in [-0.25, -0.2) is 8.42 Å². The lowest BCUT2D eigenvalue weighted by Crippen LogP contribution is -2.43. The standard InChI is InChI=1S/C16H20N4O3S2/c1-3-14-18-19-16(24-14)17-15(21)13-5-4-10-20(13)25(22,23)12-8-6-11(2)7-9-12/h6-9,13H,3-5,10H2,1-2H3,(H,17,19,21)/t13-/m1/s1. The Morgan fingerprint density at radius 1 is 1.32 bits per heavy atom. The molecule has 1 aromatic heterocycles. The molecule has 25 heavy (non-hydrogen) atoms. The lowest BCUT2D eigenvalue weighted by atomic mass is 10.2. The van der Waals surface area contributed by atoms with Gasteiger partial charge in [0.1, 0.15) is 11.0 Å². The van der Waals surface area contributed by atoms with Crippen molar-refractivity contribution in [1.82, 2.24) is 14.5 Å². The topological polar surface area (TPSA) is 92.3 Å². The smallest absolute Gasteiger partial charge is 0.244 e. The van der Waals surface area contributed by atoms with Crippen LogP contribution in [-0.2, 0) is 21.2 Å². The Morgan fingerprint density at radius 2 is 2.04 bits per heavy atom. The van der Waals surface area contributed by atoms with E-state index in [0.29, 0.717) is 24.5 Å². The minimum atomic E-state index is -3.70. The van der Waals surface area contributed by atoms with E-state index < -0.39 is 16.1 Å². The van der Waals surface area contributed by atoms with Gasteiger partial charge >= 0.3 is 0 Å². The number of aromatic nitrogens is 2. The van der Waals surface area contributed by atoms with E-state index in [9.17, 15) is 13.2 Å². The van der Waals surface area contributed by atoms with Crippen molar-refractivity contribution in [2.45, 2.75) is 44.0 Å². The number of hydrogen-bond donors (Lipinski definition) is 1. The average molecular weight is 380 g/mol. The van der Waals surface area contributed by atoms with Gasteiger partial charge in [0.15, 0.2) is 0 Å². The van der Waals surface area contributed by atoms with E-state index in [1.54, 1.807) is 24.3 Å². The zero-order valence-corrected chi connectivity index (χ0v) is 15.7. The number of rotatable bonds is 5. The fourth-order valence-corrected chi connectivity index (χ4v) is 5.11. The highest BCUT2D eigenvalue weighted by Gasteiger charge is 2.39. The predicted molar refractivity (Wildman–Crippen MR) is 96.0 cm³/mol. The van der Waals surface area contributed by atoms with Crippen LogP contribution < -0.4 is 5.32 Å². The molecule has 134 valence electrons. The number of hydrogen-bond acceptors (Lipinski definition) is 6. The molecule has 0 spiro atoms. The van der Waals surface area contributed by atoms with Crippen LogP contribution in [0.2, 0.25) is 0 Å². The third kappa shape index (κ3) is 3.73. The summed E-state index contributed by atoms with van der Waals surface area (Å²) in [6, 6.07) is 5.95. The molecule has 0 saturated carbocycles. The summed E-state index contributed by atoms with van der Waals surface area (Å²) in [4.78, 5) is 12.8. The summed E-state index contributed by atoms with van der Waals surface area (Å²) in [5, 5.41) is 11.8. The van der Waals surface area contributed by atoms with Crippen LogP contribution in [0.15, 0.2) is 29.2 Å². The van der Waals surface area contributed by atoms with E-state index in [1.165, 1.54) is 15.6 Å². The normalized spacial score (nSPS) is 18.4. The fraction of sp³-hybridized carbons (Fsp3) is 0.438. The number of sulfonamides is 1. The molecule has 1 fully saturated rings. The molecule has 2 heterocycles. The van der Waals surface area contributed by atoms with E-state index in [2.05, 4.69) is 15.5 Å². The van der Waals surface area contributed by atoms with Gasteiger partial charge in [0.05, 0.1) is 4.90 Å². The zero-order chi connectivity index (χ0) is 18.0. The van der Waals surface area contributed by atoms with Gasteiger partial charge in [-0.1, -0.05) is 36.0 Å². The number of aryl methyl sites for hydroxylation is 2. The number of carbonyl (C=O) groups is 1. The number of carbonyl (C=O) groups excluding carboxylic acids is 1. The molecule has 1 N–H and O–H groups in total. The highest BCUT2D eigenvalue weighted by Crippen LogP contribution is 2.27. The minimum Gasteiger partial charge on any atom is -0.299 e. The molecule has 0 radical (unpaired) electrons. The maximum atomic E-state index is 12.9. The summed E-state index contributed by atoms with van der Waals surface area (Å²) in [5.41, 5.74) is 0.984. The second-order valence-electron chi connectivity index (χ2n) is 5.93. The van der Waals surface area contributed by atoms with Crippen molar-refractivity contribution in [3.05, 3.63) is 34.8 Å². The van der Waals surface area contributed by atoms with Crippen LogP contribution >= 0.6 is 11.3 Å². The summed E-state index contributed by atoms with van der Waals surface area (Å²) in [5.74, 6) is -0.355.